The van der Waals surface area contributed by atoms with Gasteiger partial charge in [0.15, 0.2) is 5.78 Å². The molecule has 0 unspecified atom stereocenters. The minimum absolute atomic E-state index is 0.0728. The Morgan fingerprint density at radius 3 is 2.80 bits per heavy atom. The summed E-state index contributed by atoms with van der Waals surface area (Å²) >= 11 is 0. The second-order valence-electron chi connectivity index (χ2n) is 4.32. The molecule has 0 spiro atoms. The van der Waals surface area contributed by atoms with Gasteiger partial charge in [0.2, 0.25) is 0 Å². The third-order valence-corrected chi connectivity index (χ3v) is 3.10. The van der Waals surface area contributed by atoms with Gasteiger partial charge < -0.3 is 9.52 Å². The Bertz CT molecular complexity index is 856. The van der Waals surface area contributed by atoms with Crippen molar-refractivity contribution < 1.29 is 14.3 Å². The van der Waals surface area contributed by atoms with Gasteiger partial charge in [0.05, 0.1) is 11.1 Å². The number of ketones is 1. The van der Waals surface area contributed by atoms with Gasteiger partial charge in [-0.05, 0) is 24.3 Å². The van der Waals surface area contributed by atoms with Crippen LogP contribution in [0.2, 0.25) is 0 Å². The molecule has 0 amide bonds. The van der Waals surface area contributed by atoms with Gasteiger partial charge in [-0.2, -0.15) is 5.26 Å². The molecular formula is C16H9NO3. The predicted molar refractivity (Wildman–Crippen MR) is 72.5 cm³/mol. The highest BCUT2D eigenvalue weighted by Gasteiger charge is 2.16. The Morgan fingerprint density at radius 1 is 1.20 bits per heavy atom. The maximum Gasteiger partial charge on any atom is 0.196 e. The van der Waals surface area contributed by atoms with Crippen LogP contribution in [0.25, 0.3) is 11.0 Å². The Kier molecular flexibility index (Phi) is 2.73. The van der Waals surface area contributed by atoms with Gasteiger partial charge in [-0.25, -0.2) is 0 Å². The minimum Gasteiger partial charge on any atom is -0.507 e. The monoisotopic (exact) mass is 263 g/mol. The number of phenols is 1. The Balaban J connectivity index is 2.11. The number of para-hydroxylation sites is 1. The fourth-order valence-corrected chi connectivity index (χ4v) is 2.08. The average Bonchev–Trinajstić information content (AvgIpc) is 2.91. The Hall–Kier alpha value is -3.06. The molecule has 0 aliphatic carbocycles. The van der Waals surface area contributed by atoms with Crippen LogP contribution in [0.4, 0.5) is 0 Å². The van der Waals surface area contributed by atoms with Gasteiger partial charge >= 0.3 is 0 Å². The van der Waals surface area contributed by atoms with Crippen molar-refractivity contribution in [3.63, 3.8) is 0 Å². The predicted octanol–water partition coefficient (Wildman–Crippen LogP) is 3.24. The van der Waals surface area contributed by atoms with E-state index in [9.17, 15) is 9.90 Å². The zero-order chi connectivity index (χ0) is 14.1. The van der Waals surface area contributed by atoms with Crippen LogP contribution in [-0.4, -0.2) is 10.9 Å². The number of hydrogen-bond acceptors (Lipinski definition) is 4. The summed E-state index contributed by atoms with van der Waals surface area (Å²) in [4.78, 5) is 12.4. The number of carbonyl (C=O) groups is 1. The molecule has 0 atom stereocenters. The maximum absolute atomic E-state index is 12.4. The standard InChI is InChI=1S/C16H9NO3/c17-8-11-7-10(5-6-14(11)18)16(19)13-9-20-15-4-2-1-3-12(13)15/h1-7,9,18H. The van der Waals surface area contributed by atoms with Crippen LogP contribution in [0.5, 0.6) is 5.75 Å². The summed E-state index contributed by atoms with van der Waals surface area (Å²) in [7, 11) is 0. The van der Waals surface area contributed by atoms with E-state index in [0.717, 1.165) is 5.39 Å². The van der Waals surface area contributed by atoms with Crippen molar-refractivity contribution in [1.29, 1.82) is 5.26 Å². The highest BCUT2D eigenvalue weighted by molar-refractivity contribution is 6.16. The van der Waals surface area contributed by atoms with Crippen molar-refractivity contribution in [2.45, 2.75) is 0 Å². The molecule has 3 rings (SSSR count). The van der Waals surface area contributed by atoms with Gasteiger partial charge in [0.25, 0.3) is 0 Å². The second kappa shape index (κ2) is 4.56. The summed E-state index contributed by atoms with van der Waals surface area (Å²) in [5.41, 5.74) is 1.49. The minimum atomic E-state index is -0.244. The average molecular weight is 263 g/mol. The van der Waals surface area contributed by atoms with E-state index in [1.165, 1.54) is 24.5 Å². The Morgan fingerprint density at radius 2 is 2.00 bits per heavy atom. The van der Waals surface area contributed by atoms with Crippen LogP contribution in [-0.2, 0) is 0 Å². The zero-order valence-corrected chi connectivity index (χ0v) is 10.3. The summed E-state index contributed by atoms with van der Waals surface area (Å²) in [6, 6.07) is 13.3. The normalized spacial score (nSPS) is 10.3. The van der Waals surface area contributed by atoms with Crippen LogP contribution in [0, 0.1) is 11.3 Å². The number of benzene rings is 2. The quantitative estimate of drug-likeness (QED) is 0.720. The summed E-state index contributed by atoms with van der Waals surface area (Å²) in [6.45, 7) is 0. The summed E-state index contributed by atoms with van der Waals surface area (Å²) < 4.78 is 5.34. The van der Waals surface area contributed by atoms with Gasteiger partial charge in [-0.1, -0.05) is 18.2 Å². The van der Waals surface area contributed by atoms with E-state index < -0.39 is 0 Å². The smallest absolute Gasteiger partial charge is 0.196 e. The lowest BCUT2D eigenvalue weighted by Crippen LogP contribution is -2.00. The molecule has 0 saturated carbocycles. The molecule has 3 aromatic rings. The van der Waals surface area contributed by atoms with Crippen LogP contribution in [0.3, 0.4) is 0 Å². The van der Waals surface area contributed by atoms with Crippen LogP contribution >= 0.6 is 0 Å². The summed E-state index contributed by atoms with van der Waals surface area (Å²) in [6.07, 6.45) is 1.41. The van der Waals surface area contributed by atoms with Crippen LogP contribution < -0.4 is 0 Å². The lowest BCUT2D eigenvalue weighted by molar-refractivity contribution is 0.103. The van der Waals surface area contributed by atoms with Gasteiger partial charge in [0, 0.05) is 10.9 Å². The number of nitrogens with zero attached hydrogens (tertiary/aromatic N) is 1. The van der Waals surface area contributed by atoms with Crippen molar-refractivity contribution >= 4 is 16.8 Å². The van der Waals surface area contributed by atoms with E-state index in [1.54, 1.807) is 12.1 Å². The van der Waals surface area contributed by atoms with E-state index in [2.05, 4.69) is 0 Å². The summed E-state index contributed by atoms with van der Waals surface area (Å²) in [5, 5.41) is 19.1. The fourth-order valence-electron chi connectivity index (χ4n) is 2.08. The molecule has 0 aliphatic rings. The summed E-state index contributed by atoms with van der Waals surface area (Å²) in [5.74, 6) is -0.382. The molecule has 96 valence electrons. The first-order chi connectivity index (χ1) is 9.70. The lowest BCUT2D eigenvalue weighted by Gasteiger charge is -2.01. The molecule has 1 heterocycles. The molecule has 0 bridgehead atoms. The lowest BCUT2D eigenvalue weighted by atomic mass is 10.0. The van der Waals surface area contributed by atoms with E-state index in [0.29, 0.717) is 16.7 Å². The number of carbonyl (C=O) groups excluding carboxylic acids is 1. The van der Waals surface area contributed by atoms with Gasteiger partial charge in [-0.15, -0.1) is 0 Å². The molecule has 20 heavy (non-hydrogen) atoms. The van der Waals surface area contributed by atoms with E-state index >= 15 is 0 Å². The van der Waals surface area contributed by atoms with E-state index in [-0.39, 0.29) is 17.1 Å². The van der Waals surface area contributed by atoms with E-state index in [1.807, 2.05) is 18.2 Å². The first kappa shape index (κ1) is 12.0. The third-order valence-electron chi connectivity index (χ3n) is 3.10. The van der Waals surface area contributed by atoms with Gasteiger partial charge in [0.1, 0.15) is 23.7 Å². The van der Waals surface area contributed by atoms with Crippen molar-refractivity contribution in [1.82, 2.24) is 0 Å². The first-order valence-corrected chi connectivity index (χ1v) is 5.95. The highest BCUT2D eigenvalue weighted by atomic mass is 16.3. The number of rotatable bonds is 2. The SMILES string of the molecule is N#Cc1cc(C(=O)c2coc3ccccc23)ccc1O. The van der Waals surface area contributed by atoms with Crippen molar-refractivity contribution in [2.24, 2.45) is 0 Å². The van der Waals surface area contributed by atoms with Crippen molar-refractivity contribution in [2.75, 3.05) is 0 Å². The zero-order valence-electron chi connectivity index (χ0n) is 10.3. The molecule has 0 aliphatic heterocycles. The number of phenolic OH excluding ortho intramolecular Hbond substituents is 1. The third kappa shape index (κ3) is 1.82. The molecule has 0 saturated heterocycles. The molecule has 1 N–H and O–H groups in total. The van der Waals surface area contributed by atoms with Crippen LogP contribution in [0.15, 0.2) is 53.1 Å². The van der Waals surface area contributed by atoms with Gasteiger partial charge in [-0.3, -0.25) is 4.79 Å². The van der Waals surface area contributed by atoms with Crippen molar-refractivity contribution in [3.05, 3.63) is 65.4 Å². The second-order valence-corrected chi connectivity index (χ2v) is 4.32. The maximum atomic E-state index is 12.4. The largest absolute Gasteiger partial charge is 0.507 e. The van der Waals surface area contributed by atoms with E-state index in [4.69, 9.17) is 9.68 Å². The topological polar surface area (TPSA) is 74.2 Å². The number of fused-ring (bicyclic) bond motifs is 1. The van der Waals surface area contributed by atoms with Crippen LogP contribution in [0.1, 0.15) is 21.5 Å². The first-order valence-electron chi connectivity index (χ1n) is 5.95. The number of hydrogen-bond donors (Lipinski definition) is 1. The number of furan rings is 1. The molecule has 0 radical (unpaired) electrons. The molecule has 0 fully saturated rings. The molecule has 4 heteroatoms. The molecule has 4 nitrogen and oxygen atoms in total. The Labute approximate surface area is 114 Å². The molecular weight excluding hydrogens is 254 g/mol. The fraction of sp³-hybridized carbons (Fsp3) is 0. The van der Waals surface area contributed by atoms with Crippen molar-refractivity contribution in [3.8, 4) is 11.8 Å². The number of aromatic hydroxyl groups is 1. The number of nitriles is 1. The highest BCUT2D eigenvalue weighted by Crippen LogP contribution is 2.25. The molecule has 1 aromatic heterocycles. The molecule has 2 aromatic carbocycles.